The first-order valence-corrected chi connectivity index (χ1v) is 9.33. The first-order chi connectivity index (χ1) is 12.9. The van der Waals surface area contributed by atoms with Crippen LogP contribution in [-0.2, 0) is 6.18 Å². The highest BCUT2D eigenvalue weighted by Crippen LogP contribution is 2.37. The van der Waals surface area contributed by atoms with Gasteiger partial charge in [-0.25, -0.2) is 4.98 Å². The van der Waals surface area contributed by atoms with Crippen molar-refractivity contribution in [3.8, 4) is 5.88 Å². The molecule has 0 saturated heterocycles. The Morgan fingerprint density at radius 3 is 2.37 bits per heavy atom. The number of aromatic nitrogens is 2. The molecule has 1 heterocycles. The number of benzene rings is 1. The van der Waals surface area contributed by atoms with Gasteiger partial charge in [-0.1, -0.05) is 24.1 Å². The van der Waals surface area contributed by atoms with E-state index in [0.29, 0.717) is 6.54 Å². The predicted molar refractivity (Wildman–Crippen MR) is 98.4 cm³/mol. The molecular weight excluding hydrogens is 355 g/mol. The lowest BCUT2D eigenvalue weighted by Gasteiger charge is -2.26. The normalized spacial score (nSPS) is 15.6. The second-order valence-electron chi connectivity index (χ2n) is 6.84. The Hall–Kier alpha value is -2.31. The molecule has 1 aliphatic rings. The van der Waals surface area contributed by atoms with Gasteiger partial charge in [-0.2, -0.15) is 18.2 Å². The molecule has 0 N–H and O–H groups in total. The molecule has 1 aromatic heterocycles. The van der Waals surface area contributed by atoms with Crippen LogP contribution in [0.3, 0.4) is 0 Å². The van der Waals surface area contributed by atoms with Gasteiger partial charge in [0.25, 0.3) is 0 Å². The number of rotatable bonds is 5. The molecule has 146 valence electrons. The van der Waals surface area contributed by atoms with E-state index in [0.717, 1.165) is 49.6 Å². The zero-order chi connectivity index (χ0) is 19.4. The number of aryl methyl sites for hydroxylation is 1. The zero-order valence-corrected chi connectivity index (χ0v) is 15.6. The summed E-state index contributed by atoms with van der Waals surface area (Å²) in [5, 5.41) is 0. The summed E-state index contributed by atoms with van der Waals surface area (Å²) in [5.41, 5.74) is 1.01. The molecular formula is C20H24F3N3O. The Morgan fingerprint density at radius 2 is 1.78 bits per heavy atom. The summed E-state index contributed by atoms with van der Waals surface area (Å²) in [4.78, 5) is 9.93. The molecule has 27 heavy (non-hydrogen) atoms. The third kappa shape index (κ3) is 4.70. The second kappa shape index (κ2) is 8.15. The fourth-order valence-corrected chi connectivity index (χ4v) is 3.28. The molecule has 1 aromatic carbocycles. The van der Waals surface area contributed by atoms with Gasteiger partial charge in [0.15, 0.2) is 0 Å². The van der Waals surface area contributed by atoms with Gasteiger partial charge in [0.1, 0.15) is 11.7 Å². The van der Waals surface area contributed by atoms with E-state index in [9.17, 15) is 13.2 Å². The number of nitrogens with zero attached hydrogens (tertiary/aromatic N) is 3. The average molecular weight is 379 g/mol. The molecule has 0 spiro atoms. The molecule has 3 rings (SSSR count). The summed E-state index contributed by atoms with van der Waals surface area (Å²) in [6.45, 7) is 4.41. The van der Waals surface area contributed by atoms with Gasteiger partial charge < -0.3 is 9.64 Å². The monoisotopic (exact) mass is 379 g/mol. The molecule has 4 nitrogen and oxygen atoms in total. The molecule has 0 radical (unpaired) electrons. The van der Waals surface area contributed by atoms with Crippen LogP contribution in [0.25, 0.3) is 0 Å². The number of hydrogen-bond acceptors (Lipinski definition) is 4. The summed E-state index contributed by atoms with van der Waals surface area (Å²) in [6, 6.07) is 7.70. The lowest BCUT2D eigenvalue weighted by Crippen LogP contribution is -2.24. The maximum Gasteiger partial charge on any atom is 0.423 e. The van der Waals surface area contributed by atoms with E-state index in [1.54, 1.807) is 4.90 Å². The maximum atomic E-state index is 13.4. The fourth-order valence-electron chi connectivity index (χ4n) is 3.28. The van der Waals surface area contributed by atoms with E-state index in [1.165, 1.54) is 0 Å². The number of ether oxygens (including phenoxy) is 1. The van der Waals surface area contributed by atoms with E-state index < -0.39 is 11.7 Å². The van der Waals surface area contributed by atoms with Gasteiger partial charge in [0.2, 0.25) is 11.8 Å². The highest BCUT2D eigenvalue weighted by Gasteiger charge is 2.37. The minimum Gasteiger partial charge on any atom is -0.474 e. The van der Waals surface area contributed by atoms with Crippen LogP contribution in [0.1, 0.15) is 50.2 Å². The fraction of sp³-hybridized carbons (Fsp3) is 0.500. The Balaban J connectivity index is 1.95. The van der Waals surface area contributed by atoms with Crippen molar-refractivity contribution in [3.63, 3.8) is 0 Å². The van der Waals surface area contributed by atoms with Crippen LogP contribution in [-0.4, -0.2) is 22.6 Å². The van der Waals surface area contributed by atoms with Gasteiger partial charge in [-0.3, -0.25) is 0 Å². The minimum absolute atomic E-state index is 0.208. The third-order valence-corrected chi connectivity index (χ3v) is 4.78. The van der Waals surface area contributed by atoms with Crippen molar-refractivity contribution < 1.29 is 17.9 Å². The maximum absolute atomic E-state index is 13.4. The van der Waals surface area contributed by atoms with Crippen LogP contribution in [0.5, 0.6) is 5.88 Å². The number of hydrogen-bond donors (Lipinski definition) is 0. The van der Waals surface area contributed by atoms with Crippen LogP contribution in [0.2, 0.25) is 0 Å². The van der Waals surface area contributed by atoms with E-state index in [2.05, 4.69) is 9.97 Å². The predicted octanol–water partition coefficient (Wildman–Crippen LogP) is 5.67. The molecule has 0 amide bonds. The van der Waals surface area contributed by atoms with Crippen LogP contribution in [0, 0.1) is 6.92 Å². The van der Waals surface area contributed by atoms with Crippen LogP contribution < -0.4 is 9.64 Å². The molecule has 0 unspecified atom stereocenters. The molecule has 1 fully saturated rings. The Bertz CT molecular complexity index is 756. The van der Waals surface area contributed by atoms with Crippen molar-refractivity contribution in [2.45, 2.75) is 58.2 Å². The van der Waals surface area contributed by atoms with Crippen molar-refractivity contribution >= 4 is 11.6 Å². The highest BCUT2D eigenvalue weighted by molar-refractivity contribution is 5.58. The van der Waals surface area contributed by atoms with Gasteiger partial charge in [-0.15, -0.1) is 0 Å². The molecule has 0 aliphatic heterocycles. The summed E-state index contributed by atoms with van der Waals surface area (Å²) in [6.07, 6.45) is 0.594. The van der Waals surface area contributed by atoms with Gasteiger partial charge in [-0.05, 0) is 51.7 Å². The van der Waals surface area contributed by atoms with Crippen LogP contribution in [0.4, 0.5) is 24.8 Å². The molecule has 2 aromatic rings. The Labute approximate surface area is 157 Å². The van der Waals surface area contributed by atoms with Crippen molar-refractivity contribution in [2.24, 2.45) is 0 Å². The van der Waals surface area contributed by atoms with E-state index in [1.807, 2.05) is 38.1 Å². The lowest BCUT2D eigenvalue weighted by atomic mass is 9.98. The Kier molecular flexibility index (Phi) is 5.87. The van der Waals surface area contributed by atoms with Crippen molar-refractivity contribution in [2.75, 3.05) is 11.4 Å². The van der Waals surface area contributed by atoms with E-state index in [-0.39, 0.29) is 17.9 Å². The molecule has 1 aliphatic carbocycles. The minimum atomic E-state index is -4.55. The van der Waals surface area contributed by atoms with Crippen molar-refractivity contribution in [1.82, 2.24) is 9.97 Å². The third-order valence-electron chi connectivity index (χ3n) is 4.78. The lowest BCUT2D eigenvalue weighted by molar-refractivity contribution is -0.140. The van der Waals surface area contributed by atoms with Crippen LogP contribution >= 0.6 is 0 Å². The Morgan fingerprint density at radius 1 is 1.11 bits per heavy atom. The summed E-state index contributed by atoms with van der Waals surface area (Å²) in [7, 11) is 0. The van der Waals surface area contributed by atoms with Crippen LogP contribution in [0.15, 0.2) is 30.5 Å². The first kappa shape index (κ1) is 19.5. The second-order valence-corrected chi connectivity index (χ2v) is 6.84. The van der Waals surface area contributed by atoms with Crippen molar-refractivity contribution in [1.29, 1.82) is 0 Å². The first-order valence-electron chi connectivity index (χ1n) is 9.33. The summed E-state index contributed by atoms with van der Waals surface area (Å²) in [5.74, 6) is -0.162. The molecule has 0 atom stereocenters. The van der Waals surface area contributed by atoms with Crippen molar-refractivity contribution in [3.05, 3.63) is 41.6 Å². The summed E-state index contributed by atoms with van der Waals surface area (Å²) >= 11 is 0. The largest absolute Gasteiger partial charge is 0.474 e. The molecule has 1 saturated carbocycles. The SMILES string of the molecule is CCN(c1ccc(C)cc1)c1ncc(C(F)(F)F)c(OC2CCCCC2)n1. The topological polar surface area (TPSA) is 38.2 Å². The molecule has 0 bridgehead atoms. The highest BCUT2D eigenvalue weighted by atomic mass is 19.4. The van der Waals surface area contributed by atoms with E-state index >= 15 is 0 Å². The number of halogens is 3. The number of anilines is 2. The van der Waals surface area contributed by atoms with E-state index in [4.69, 9.17) is 4.74 Å². The number of alkyl halides is 3. The average Bonchev–Trinajstić information content (AvgIpc) is 2.64. The molecule has 7 heteroatoms. The van der Waals surface area contributed by atoms with Gasteiger partial charge >= 0.3 is 6.18 Å². The smallest absolute Gasteiger partial charge is 0.423 e. The standard InChI is InChI=1S/C20H24F3N3O/c1-3-26(15-11-9-14(2)10-12-15)19-24-13-17(20(21,22)23)18(25-19)27-16-7-5-4-6-8-16/h9-13,16H,3-8H2,1-2H3. The quantitative estimate of drug-likeness (QED) is 0.671. The summed E-state index contributed by atoms with van der Waals surface area (Å²) < 4.78 is 45.9. The zero-order valence-electron chi connectivity index (χ0n) is 15.6. The van der Waals surface area contributed by atoms with Gasteiger partial charge in [0.05, 0.1) is 0 Å². The van der Waals surface area contributed by atoms with Gasteiger partial charge in [0, 0.05) is 18.4 Å².